The summed E-state index contributed by atoms with van der Waals surface area (Å²) in [5, 5.41) is 4.64. The van der Waals surface area contributed by atoms with Gasteiger partial charge in [0.25, 0.3) is 0 Å². The van der Waals surface area contributed by atoms with E-state index in [-0.39, 0.29) is 6.54 Å². The predicted octanol–water partition coefficient (Wildman–Crippen LogP) is 1.05. The van der Waals surface area contributed by atoms with Gasteiger partial charge in [0.15, 0.2) is 5.58 Å². The highest BCUT2D eigenvalue weighted by molar-refractivity contribution is 7.77. The first-order valence-corrected chi connectivity index (χ1v) is 5.05. The van der Waals surface area contributed by atoms with Gasteiger partial charge >= 0.3 is 0 Å². The first-order chi connectivity index (χ1) is 6.77. The minimum atomic E-state index is -2.02. The molecule has 1 unspecified atom stereocenters. The van der Waals surface area contributed by atoms with Crippen LogP contribution in [0.2, 0.25) is 0 Å². The highest BCUT2D eigenvalue weighted by Crippen LogP contribution is 2.17. The molecule has 0 radical (unpaired) electrons. The van der Waals surface area contributed by atoms with Crippen LogP contribution in [0.3, 0.4) is 0 Å². The number of nitrogens with one attached hydrogen (secondary N) is 1. The van der Waals surface area contributed by atoms with Crippen LogP contribution in [0.1, 0.15) is 5.69 Å². The Hall–Kier alpha value is -1.24. The van der Waals surface area contributed by atoms with Gasteiger partial charge in [-0.2, -0.15) is 0 Å². The van der Waals surface area contributed by atoms with Crippen LogP contribution in [0.5, 0.6) is 0 Å². The van der Waals surface area contributed by atoms with E-state index >= 15 is 0 Å². The maximum atomic E-state index is 10.4. The molecule has 0 saturated carbocycles. The Bertz CT molecular complexity index is 468. The van der Waals surface area contributed by atoms with Gasteiger partial charge < -0.3 is 4.52 Å². The van der Waals surface area contributed by atoms with E-state index < -0.39 is 11.3 Å². The third-order valence-electron chi connectivity index (χ3n) is 1.82. The van der Waals surface area contributed by atoms with E-state index in [1.165, 1.54) is 0 Å². The zero-order valence-corrected chi connectivity index (χ0v) is 7.95. The normalized spacial score (nSPS) is 13.2. The Morgan fingerprint density at radius 3 is 3.07 bits per heavy atom. The number of nitrogens with zero attached hydrogens (tertiary/aromatic N) is 1. The summed E-state index contributed by atoms with van der Waals surface area (Å²) in [7, 11) is 0. The fourth-order valence-electron chi connectivity index (χ4n) is 1.20. The highest BCUT2D eigenvalue weighted by Gasteiger charge is 2.06. The Morgan fingerprint density at radius 2 is 2.29 bits per heavy atom. The average molecular weight is 212 g/mol. The quantitative estimate of drug-likeness (QED) is 0.746. The van der Waals surface area contributed by atoms with Crippen molar-refractivity contribution in [1.82, 2.24) is 9.88 Å². The topological polar surface area (TPSA) is 75.4 Å². The van der Waals surface area contributed by atoms with Gasteiger partial charge in [0.1, 0.15) is 5.69 Å². The van der Waals surface area contributed by atoms with Crippen LogP contribution in [0.25, 0.3) is 11.0 Å². The van der Waals surface area contributed by atoms with Crippen molar-refractivity contribution in [3.05, 3.63) is 30.0 Å². The molecule has 0 saturated heterocycles. The molecule has 0 fully saturated rings. The lowest BCUT2D eigenvalue weighted by Gasteiger charge is -1.94. The number of rotatable bonds is 3. The first-order valence-electron chi connectivity index (χ1n) is 3.95. The average Bonchev–Trinajstić information content (AvgIpc) is 2.58. The second kappa shape index (κ2) is 3.87. The van der Waals surface area contributed by atoms with Crippen molar-refractivity contribution in [3.8, 4) is 0 Å². The van der Waals surface area contributed by atoms with Crippen molar-refractivity contribution >= 4 is 22.2 Å². The third kappa shape index (κ3) is 1.82. The minimum absolute atomic E-state index is 0.208. The van der Waals surface area contributed by atoms with E-state index in [1.54, 1.807) is 6.07 Å². The van der Waals surface area contributed by atoms with Gasteiger partial charge in [-0.25, -0.2) is 8.93 Å². The molecule has 0 amide bonds. The molecule has 2 aromatic rings. The molecule has 1 aromatic carbocycles. The molecule has 5 nitrogen and oxygen atoms in total. The summed E-state index contributed by atoms with van der Waals surface area (Å²) in [6.45, 7) is 0.208. The lowest BCUT2D eigenvalue weighted by Crippen LogP contribution is -2.15. The van der Waals surface area contributed by atoms with Crippen LogP contribution >= 0.6 is 0 Å². The molecule has 74 valence electrons. The van der Waals surface area contributed by atoms with E-state index in [0.29, 0.717) is 11.3 Å². The predicted molar refractivity (Wildman–Crippen MR) is 51.6 cm³/mol. The molecular formula is C8H8N2O3S. The van der Waals surface area contributed by atoms with Gasteiger partial charge in [-0.05, 0) is 12.1 Å². The van der Waals surface area contributed by atoms with Crippen LogP contribution < -0.4 is 4.72 Å². The molecule has 1 aromatic heterocycles. The zero-order valence-electron chi connectivity index (χ0n) is 7.14. The van der Waals surface area contributed by atoms with Crippen molar-refractivity contribution in [1.29, 1.82) is 0 Å². The third-order valence-corrected chi connectivity index (χ3v) is 2.21. The second-order valence-corrected chi connectivity index (χ2v) is 3.48. The van der Waals surface area contributed by atoms with E-state index in [4.69, 9.17) is 9.08 Å². The van der Waals surface area contributed by atoms with E-state index in [1.807, 2.05) is 18.2 Å². The van der Waals surface area contributed by atoms with Crippen LogP contribution in [0.15, 0.2) is 28.8 Å². The maximum Gasteiger partial charge on any atom is 0.232 e. The molecular weight excluding hydrogens is 204 g/mol. The summed E-state index contributed by atoms with van der Waals surface area (Å²) in [5.41, 5.74) is 1.30. The lowest BCUT2D eigenvalue weighted by atomic mass is 10.2. The van der Waals surface area contributed by atoms with Crippen LogP contribution in [0, 0.1) is 0 Å². The lowest BCUT2D eigenvalue weighted by molar-refractivity contribution is 0.444. The van der Waals surface area contributed by atoms with Crippen molar-refractivity contribution in [2.75, 3.05) is 0 Å². The molecule has 2 N–H and O–H groups in total. The van der Waals surface area contributed by atoms with Gasteiger partial charge in [-0.3, -0.25) is 4.55 Å². The summed E-state index contributed by atoms with van der Waals surface area (Å²) >= 11 is -2.02. The van der Waals surface area contributed by atoms with Gasteiger partial charge in [-0.15, -0.1) is 0 Å². The number of benzene rings is 1. The highest BCUT2D eigenvalue weighted by atomic mass is 32.2. The minimum Gasteiger partial charge on any atom is -0.356 e. The second-order valence-electron chi connectivity index (χ2n) is 2.70. The van der Waals surface area contributed by atoms with Crippen molar-refractivity contribution < 1.29 is 13.3 Å². The zero-order chi connectivity index (χ0) is 9.97. The number of para-hydroxylation sites is 1. The molecule has 1 heterocycles. The maximum absolute atomic E-state index is 10.4. The fourth-order valence-corrected chi connectivity index (χ4v) is 1.46. The van der Waals surface area contributed by atoms with Crippen LogP contribution in [-0.4, -0.2) is 13.9 Å². The fraction of sp³-hybridized carbons (Fsp3) is 0.125. The Labute approximate surface area is 82.5 Å². The number of aromatic nitrogens is 1. The Balaban J connectivity index is 2.29. The Morgan fingerprint density at radius 1 is 1.50 bits per heavy atom. The first kappa shape index (κ1) is 9.32. The number of hydrogen-bond acceptors (Lipinski definition) is 3. The van der Waals surface area contributed by atoms with E-state index in [2.05, 4.69) is 9.88 Å². The van der Waals surface area contributed by atoms with E-state index in [9.17, 15) is 4.21 Å². The summed E-state index contributed by atoms with van der Waals surface area (Å²) < 4.78 is 26.3. The summed E-state index contributed by atoms with van der Waals surface area (Å²) in [6, 6.07) is 7.35. The Kier molecular flexibility index (Phi) is 2.58. The molecule has 0 spiro atoms. The van der Waals surface area contributed by atoms with Crippen molar-refractivity contribution in [3.63, 3.8) is 0 Å². The summed E-state index contributed by atoms with van der Waals surface area (Å²) in [5.74, 6) is 0. The van der Waals surface area contributed by atoms with E-state index in [0.717, 1.165) is 5.39 Å². The van der Waals surface area contributed by atoms with Gasteiger partial charge in [0, 0.05) is 5.39 Å². The monoisotopic (exact) mass is 212 g/mol. The molecule has 6 heteroatoms. The SMILES string of the molecule is O=S(O)NCc1noc2ccccc12. The number of fused-ring (bicyclic) bond motifs is 1. The van der Waals surface area contributed by atoms with Crippen molar-refractivity contribution in [2.45, 2.75) is 6.54 Å². The van der Waals surface area contributed by atoms with Gasteiger partial charge in [0.2, 0.25) is 11.3 Å². The van der Waals surface area contributed by atoms with Crippen LogP contribution in [-0.2, 0) is 17.8 Å². The molecule has 0 bridgehead atoms. The summed E-state index contributed by atoms with van der Waals surface area (Å²) in [4.78, 5) is 0. The molecule has 1 atom stereocenters. The molecule has 2 rings (SSSR count). The molecule has 14 heavy (non-hydrogen) atoms. The smallest absolute Gasteiger partial charge is 0.232 e. The number of hydrogen-bond donors (Lipinski definition) is 2. The molecule has 0 aliphatic rings. The standard InChI is InChI=1S/C8H8N2O3S/c11-14(12)9-5-7-6-3-1-2-4-8(6)13-10-7/h1-4,9H,5H2,(H,11,12). The van der Waals surface area contributed by atoms with Crippen LogP contribution in [0.4, 0.5) is 0 Å². The molecule has 0 aliphatic heterocycles. The van der Waals surface area contributed by atoms with Crippen molar-refractivity contribution in [2.24, 2.45) is 0 Å². The van der Waals surface area contributed by atoms with Gasteiger partial charge in [-0.1, -0.05) is 17.3 Å². The van der Waals surface area contributed by atoms with Gasteiger partial charge in [0.05, 0.1) is 6.54 Å². The summed E-state index contributed by atoms with van der Waals surface area (Å²) in [6.07, 6.45) is 0. The largest absolute Gasteiger partial charge is 0.356 e. The molecule has 0 aliphatic carbocycles.